The second-order valence-electron chi connectivity index (χ2n) is 11.5. The molecule has 4 heterocycles. The van der Waals surface area contributed by atoms with E-state index >= 15 is 0 Å². The fourth-order valence-corrected chi connectivity index (χ4v) is 6.20. The Bertz CT molecular complexity index is 1500. The SMILES string of the molecule is Cc1ccccc1N1CCC(N2C[C@@H]3NC(=O)c4cc(cc(C(=O)O)c4)OCC(=O)NCc4ccc(cc4)O[C@H]3C2)CC1. The van der Waals surface area contributed by atoms with Gasteiger partial charge in [0.2, 0.25) is 0 Å². The Morgan fingerprint density at radius 3 is 2.47 bits per heavy atom. The fourth-order valence-electron chi connectivity index (χ4n) is 6.20. The summed E-state index contributed by atoms with van der Waals surface area (Å²) in [5, 5.41) is 15.6. The Hall–Kier alpha value is -4.57. The summed E-state index contributed by atoms with van der Waals surface area (Å²) < 4.78 is 12.0. The molecule has 4 aliphatic heterocycles. The average Bonchev–Trinajstić information content (AvgIpc) is 3.41. The molecule has 0 aromatic heterocycles. The van der Waals surface area contributed by atoms with Gasteiger partial charge in [0.1, 0.15) is 17.6 Å². The standard InChI is InChI=1S/C33H36N4O6/c1-21-4-2-3-5-29(21)36-12-10-25(11-13-36)37-18-28-30(19-37)43-26-8-6-22(7-9-26)17-34-31(38)20-42-27-15-23(32(39)35-28)14-24(16-27)33(40)41/h2-9,14-16,25,28,30H,10-13,17-20H2,1H3,(H,34,38)(H,35,39)(H,40,41)/t28-,30-/m0/s1. The second kappa shape index (κ2) is 12.3. The molecule has 2 saturated heterocycles. The van der Waals surface area contributed by atoms with Crippen molar-refractivity contribution < 1.29 is 29.0 Å². The molecule has 2 fully saturated rings. The lowest BCUT2D eigenvalue weighted by Crippen LogP contribution is -2.46. The summed E-state index contributed by atoms with van der Waals surface area (Å²) in [4.78, 5) is 42.5. The number of aromatic carboxylic acids is 1. The molecule has 3 N–H and O–H groups in total. The van der Waals surface area contributed by atoms with Gasteiger partial charge in [0.05, 0.1) is 11.6 Å². The molecule has 3 aromatic rings. The Morgan fingerprint density at radius 2 is 1.72 bits per heavy atom. The zero-order valence-corrected chi connectivity index (χ0v) is 24.1. The van der Waals surface area contributed by atoms with Crippen molar-refractivity contribution in [3.05, 3.63) is 89.0 Å². The number of hydrogen-bond donors (Lipinski definition) is 3. The minimum Gasteiger partial charge on any atom is -0.487 e. The van der Waals surface area contributed by atoms with Crippen LogP contribution in [0.5, 0.6) is 11.5 Å². The molecule has 2 atom stereocenters. The number of hydrogen-bond acceptors (Lipinski definition) is 7. The van der Waals surface area contributed by atoms with Gasteiger partial charge in [-0.05, 0) is 67.3 Å². The lowest BCUT2D eigenvalue weighted by Gasteiger charge is -2.38. The Morgan fingerprint density at radius 1 is 0.953 bits per heavy atom. The maximum absolute atomic E-state index is 13.5. The smallest absolute Gasteiger partial charge is 0.335 e. The van der Waals surface area contributed by atoms with Gasteiger partial charge < -0.3 is 30.1 Å². The summed E-state index contributed by atoms with van der Waals surface area (Å²) in [5.41, 5.74) is 3.51. The van der Waals surface area contributed by atoms with E-state index in [2.05, 4.69) is 51.6 Å². The number of nitrogens with zero attached hydrogens (tertiary/aromatic N) is 2. The number of carboxylic acids is 1. The van der Waals surface area contributed by atoms with Crippen LogP contribution in [-0.4, -0.2) is 78.8 Å². The van der Waals surface area contributed by atoms with Gasteiger partial charge in [-0.25, -0.2) is 4.79 Å². The molecule has 7 rings (SSSR count). The van der Waals surface area contributed by atoms with E-state index in [1.807, 2.05) is 24.3 Å². The summed E-state index contributed by atoms with van der Waals surface area (Å²) in [6.45, 7) is 5.32. The van der Waals surface area contributed by atoms with Gasteiger partial charge in [-0.1, -0.05) is 30.3 Å². The van der Waals surface area contributed by atoms with E-state index in [0.29, 0.717) is 31.4 Å². The van der Waals surface area contributed by atoms with Crippen LogP contribution >= 0.6 is 0 Å². The number of aryl methyl sites for hydroxylation is 1. The van der Waals surface area contributed by atoms with Crippen molar-refractivity contribution in [1.82, 2.24) is 15.5 Å². The zero-order chi connectivity index (χ0) is 29.9. The molecule has 10 nitrogen and oxygen atoms in total. The summed E-state index contributed by atoms with van der Waals surface area (Å²) >= 11 is 0. The van der Waals surface area contributed by atoms with Crippen LogP contribution in [0.3, 0.4) is 0 Å². The molecule has 3 aromatic carbocycles. The molecular formula is C33H36N4O6. The number of rotatable bonds is 3. The van der Waals surface area contributed by atoms with Crippen LogP contribution in [-0.2, 0) is 11.3 Å². The molecule has 4 bridgehead atoms. The van der Waals surface area contributed by atoms with E-state index in [0.717, 1.165) is 31.5 Å². The number of carboxylic acid groups (broad SMARTS) is 1. The fraction of sp³-hybridized carbons (Fsp3) is 0.364. The quantitative estimate of drug-likeness (QED) is 0.429. The van der Waals surface area contributed by atoms with Crippen LogP contribution < -0.4 is 25.0 Å². The lowest BCUT2D eigenvalue weighted by molar-refractivity contribution is -0.123. The molecule has 4 aliphatic rings. The molecule has 0 unspecified atom stereocenters. The highest BCUT2D eigenvalue weighted by molar-refractivity contribution is 5.98. The summed E-state index contributed by atoms with van der Waals surface area (Å²) in [7, 11) is 0. The van der Waals surface area contributed by atoms with Gasteiger partial charge in [-0.2, -0.15) is 0 Å². The third kappa shape index (κ3) is 6.59. The molecule has 0 spiro atoms. The maximum Gasteiger partial charge on any atom is 0.335 e. The van der Waals surface area contributed by atoms with E-state index < -0.39 is 11.9 Å². The van der Waals surface area contributed by atoms with Crippen LogP contribution in [0.2, 0.25) is 0 Å². The van der Waals surface area contributed by atoms with Gasteiger partial charge >= 0.3 is 5.97 Å². The van der Waals surface area contributed by atoms with Gasteiger partial charge in [0.15, 0.2) is 6.61 Å². The Kier molecular flexibility index (Phi) is 8.20. The maximum atomic E-state index is 13.5. The van der Waals surface area contributed by atoms with E-state index in [4.69, 9.17) is 9.47 Å². The number of amides is 2. The van der Waals surface area contributed by atoms with Crippen LogP contribution in [0, 0.1) is 6.92 Å². The number of ether oxygens (including phenoxy) is 2. The number of likely N-dealkylation sites (tertiary alicyclic amines) is 1. The highest BCUT2D eigenvalue weighted by Crippen LogP contribution is 2.29. The summed E-state index contributed by atoms with van der Waals surface area (Å²) in [6, 6.07) is 20.2. The number of carbonyl (C=O) groups is 3. The van der Waals surface area contributed by atoms with Crippen LogP contribution in [0.4, 0.5) is 5.69 Å². The number of benzene rings is 3. The normalized spacial score (nSPS) is 21.7. The van der Waals surface area contributed by atoms with Gasteiger partial charge in [-0.3, -0.25) is 14.5 Å². The van der Waals surface area contributed by atoms with Gasteiger partial charge in [0.25, 0.3) is 11.8 Å². The van der Waals surface area contributed by atoms with Gasteiger partial charge in [-0.15, -0.1) is 0 Å². The second-order valence-corrected chi connectivity index (χ2v) is 11.5. The first-order chi connectivity index (χ1) is 20.8. The third-order valence-electron chi connectivity index (χ3n) is 8.53. The topological polar surface area (TPSA) is 120 Å². The predicted octanol–water partition coefficient (Wildman–Crippen LogP) is 3.23. The molecule has 0 saturated carbocycles. The molecular weight excluding hydrogens is 548 g/mol. The van der Waals surface area contributed by atoms with Crippen molar-refractivity contribution in [2.75, 3.05) is 37.7 Å². The number of carbonyl (C=O) groups excluding carboxylic acids is 2. The van der Waals surface area contributed by atoms with Crippen LogP contribution in [0.15, 0.2) is 66.7 Å². The molecule has 0 radical (unpaired) electrons. The van der Waals surface area contributed by atoms with E-state index in [1.165, 1.54) is 29.4 Å². The number of para-hydroxylation sites is 1. The minimum atomic E-state index is -1.19. The highest BCUT2D eigenvalue weighted by Gasteiger charge is 2.40. The van der Waals surface area contributed by atoms with Crippen molar-refractivity contribution in [3.8, 4) is 11.5 Å². The lowest BCUT2D eigenvalue weighted by atomic mass is 10.0. The largest absolute Gasteiger partial charge is 0.487 e. The van der Waals surface area contributed by atoms with Crippen LogP contribution in [0.1, 0.15) is 44.7 Å². The molecule has 2 amide bonds. The predicted molar refractivity (Wildman–Crippen MR) is 161 cm³/mol. The third-order valence-corrected chi connectivity index (χ3v) is 8.53. The van der Waals surface area contributed by atoms with Crippen molar-refractivity contribution in [3.63, 3.8) is 0 Å². The Labute approximate surface area is 250 Å². The van der Waals surface area contributed by atoms with Crippen molar-refractivity contribution >= 4 is 23.5 Å². The zero-order valence-electron chi connectivity index (χ0n) is 24.1. The van der Waals surface area contributed by atoms with Gasteiger partial charge in [0, 0.05) is 50.0 Å². The van der Waals surface area contributed by atoms with Crippen molar-refractivity contribution in [2.45, 2.75) is 44.5 Å². The first-order valence-corrected chi connectivity index (χ1v) is 14.7. The number of fused-ring (bicyclic) bond motifs is 7. The van der Waals surface area contributed by atoms with E-state index in [9.17, 15) is 19.5 Å². The molecule has 10 heteroatoms. The number of piperidine rings is 1. The summed E-state index contributed by atoms with van der Waals surface area (Å²) in [6.07, 6.45) is 1.70. The minimum absolute atomic E-state index is 0.0974. The molecule has 224 valence electrons. The van der Waals surface area contributed by atoms with E-state index in [-0.39, 0.29) is 41.5 Å². The highest BCUT2D eigenvalue weighted by atomic mass is 16.5. The monoisotopic (exact) mass is 584 g/mol. The Balaban J connectivity index is 1.23. The first kappa shape index (κ1) is 28.5. The average molecular weight is 585 g/mol. The van der Waals surface area contributed by atoms with Crippen LogP contribution in [0.25, 0.3) is 0 Å². The number of nitrogens with one attached hydrogen (secondary N) is 2. The first-order valence-electron chi connectivity index (χ1n) is 14.7. The van der Waals surface area contributed by atoms with Crippen molar-refractivity contribution in [1.29, 1.82) is 0 Å². The molecule has 43 heavy (non-hydrogen) atoms. The van der Waals surface area contributed by atoms with E-state index in [1.54, 1.807) is 0 Å². The summed E-state index contributed by atoms with van der Waals surface area (Å²) in [5.74, 6) is -1.17. The van der Waals surface area contributed by atoms with Crippen molar-refractivity contribution in [2.24, 2.45) is 0 Å². The number of anilines is 1. The molecule has 0 aliphatic carbocycles.